The van der Waals surface area contributed by atoms with E-state index in [0.717, 1.165) is 49.4 Å². The Labute approximate surface area is 214 Å². The second-order valence-electron chi connectivity index (χ2n) is 9.19. The lowest BCUT2D eigenvalue weighted by molar-refractivity contribution is -0.134. The standard InChI is InChI=1S/C27H29N5O5/c1-17-14-19(36-13-12-32-10-8-31(2)9-11-32)5-6-21(17)30-26-23(27(34)35)24(33)22(37-26)15-18-16-29-25-20(18)4-3-7-28-25/h3-7,14-16,30H,8-13H2,1-2H3,(H,28,29)(H,34,35)/b22-15-. The number of aliphatic carboxylic acids is 1. The van der Waals surface area contributed by atoms with Crippen molar-refractivity contribution in [2.24, 2.45) is 0 Å². The van der Waals surface area contributed by atoms with Crippen LogP contribution in [0, 0.1) is 6.92 Å². The molecule has 10 heteroatoms. The number of ether oxygens (including phenoxy) is 2. The first-order valence-corrected chi connectivity index (χ1v) is 12.1. The van der Waals surface area contributed by atoms with Gasteiger partial charge in [0.1, 0.15) is 18.0 Å². The zero-order valence-corrected chi connectivity index (χ0v) is 20.8. The number of fused-ring (bicyclic) bond motifs is 1. The van der Waals surface area contributed by atoms with Crippen molar-refractivity contribution >= 4 is 34.5 Å². The van der Waals surface area contributed by atoms with Crippen LogP contribution in [0.1, 0.15) is 11.1 Å². The fraction of sp³-hybridized carbons (Fsp3) is 0.296. The number of aromatic nitrogens is 2. The molecule has 0 spiro atoms. The Morgan fingerprint density at radius 2 is 2.08 bits per heavy atom. The van der Waals surface area contributed by atoms with Crippen LogP contribution < -0.4 is 10.1 Å². The number of aryl methyl sites for hydroxylation is 1. The van der Waals surface area contributed by atoms with Crippen LogP contribution in [-0.4, -0.2) is 83.0 Å². The number of rotatable bonds is 8. The van der Waals surface area contributed by atoms with Gasteiger partial charge in [-0.05, 0) is 55.9 Å². The predicted octanol–water partition coefficient (Wildman–Crippen LogP) is 2.85. The van der Waals surface area contributed by atoms with Gasteiger partial charge < -0.3 is 29.8 Å². The summed E-state index contributed by atoms with van der Waals surface area (Å²) < 4.78 is 11.7. The van der Waals surface area contributed by atoms with Gasteiger partial charge in [-0.1, -0.05) is 0 Å². The van der Waals surface area contributed by atoms with Crippen molar-refractivity contribution in [2.75, 3.05) is 51.7 Å². The van der Waals surface area contributed by atoms with Crippen LogP contribution >= 0.6 is 0 Å². The number of anilines is 1. The molecule has 0 atom stereocenters. The number of allylic oxidation sites excluding steroid dienone is 1. The topological polar surface area (TPSA) is 120 Å². The van der Waals surface area contributed by atoms with Gasteiger partial charge in [0.2, 0.25) is 11.7 Å². The molecule has 2 aliphatic rings. The number of carboxylic acids is 1. The normalized spacial score (nSPS) is 18.0. The molecule has 0 saturated carbocycles. The first kappa shape index (κ1) is 24.5. The number of ketones is 1. The number of piperazine rings is 1. The Hall–Kier alpha value is -4.15. The molecule has 10 nitrogen and oxygen atoms in total. The Balaban J connectivity index is 1.27. The quantitative estimate of drug-likeness (QED) is 0.315. The first-order chi connectivity index (χ1) is 17.9. The number of carboxylic acid groups (broad SMARTS) is 1. The molecule has 3 N–H and O–H groups in total. The molecule has 0 bridgehead atoms. The molecule has 0 amide bonds. The summed E-state index contributed by atoms with van der Waals surface area (Å²) in [5.74, 6) is -1.53. The number of hydrogen-bond acceptors (Lipinski definition) is 8. The van der Waals surface area contributed by atoms with Crippen molar-refractivity contribution < 1.29 is 24.2 Å². The van der Waals surface area contributed by atoms with Crippen LogP contribution in [0.4, 0.5) is 5.69 Å². The van der Waals surface area contributed by atoms with Gasteiger partial charge >= 0.3 is 5.97 Å². The highest BCUT2D eigenvalue weighted by atomic mass is 16.5. The highest BCUT2D eigenvalue weighted by Crippen LogP contribution is 2.31. The predicted molar refractivity (Wildman–Crippen MR) is 139 cm³/mol. The number of hydrogen-bond donors (Lipinski definition) is 3. The molecule has 2 aliphatic heterocycles. The fourth-order valence-corrected chi connectivity index (χ4v) is 4.40. The molecule has 37 heavy (non-hydrogen) atoms. The zero-order chi connectivity index (χ0) is 25.9. The molecule has 1 fully saturated rings. The maximum atomic E-state index is 12.9. The molecule has 1 saturated heterocycles. The number of Topliss-reactive ketones (excluding diaryl/α,β-unsaturated/α-hetero) is 1. The highest BCUT2D eigenvalue weighted by Gasteiger charge is 2.36. The van der Waals surface area contributed by atoms with Gasteiger partial charge in [-0.2, -0.15) is 0 Å². The van der Waals surface area contributed by atoms with Crippen molar-refractivity contribution in [1.82, 2.24) is 19.8 Å². The fourth-order valence-electron chi connectivity index (χ4n) is 4.40. The Morgan fingerprint density at radius 3 is 2.84 bits per heavy atom. The van der Waals surface area contributed by atoms with Crippen LogP contribution in [0.3, 0.4) is 0 Å². The monoisotopic (exact) mass is 503 g/mol. The average molecular weight is 504 g/mol. The number of aromatic amines is 1. The maximum Gasteiger partial charge on any atom is 0.345 e. The minimum atomic E-state index is -1.36. The van der Waals surface area contributed by atoms with Crippen LogP contribution in [0.2, 0.25) is 0 Å². The summed E-state index contributed by atoms with van der Waals surface area (Å²) in [4.78, 5) is 36.8. The molecule has 192 valence electrons. The van der Waals surface area contributed by atoms with E-state index in [2.05, 4.69) is 32.1 Å². The second-order valence-corrected chi connectivity index (χ2v) is 9.19. The summed E-state index contributed by atoms with van der Waals surface area (Å²) in [6.45, 7) is 7.52. The molecule has 5 rings (SSSR count). The summed E-state index contributed by atoms with van der Waals surface area (Å²) in [7, 11) is 2.13. The van der Waals surface area contributed by atoms with E-state index in [1.54, 1.807) is 24.5 Å². The summed E-state index contributed by atoms with van der Waals surface area (Å²) >= 11 is 0. The van der Waals surface area contributed by atoms with E-state index in [4.69, 9.17) is 9.47 Å². The zero-order valence-electron chi connectivity index (χ0n) is 20.8. The van der Waals surface area contributed by atoms with E-state index in [1.807, 2.05) is 25.1 Å². The van der Waals surface area contributed by atoms with Crippen LogP contribution in [0.15, 0.2) is 59.9 Å². The number of carbonyl (C=O) groups is 2. The molecule has 1 aromatic carbocycles. The van der Waals surface area contributed by atoms with E-state index in [1.165, 1.54) is 6.08 Å². The smallest absolute Gasteiger partial charge is 0.345 e. The third-order valence-electron chi connectivity index (χ3n) is 6.59. The summed E-state index contributed by atoms with van der Waals surface area (Å²) in [5, 5.41) is 13.5. The average Bonchev–Trinajstić information content (AvgIpc) is 3.42. The lowest BCUT2D eigenvalue weighted by Gasteiger charge is -2.32. The van der Waals surface area contributed by atoms with E-state index in [-0.39, 0.29) is 11.6 Å². The number of nitrogens with zero attached hydrogens (tertiary/aromatic N) is 3. The number of benzene rings is 1. The number of nitrogens with one attached hydrogen (secondary N) is 2. The van der Waals surface area contributed by atoms with Gasteiger partial charge in [0.15, 0.2) is 11.3 Å². The first-order valence-electron chi connectivity index (χ1n) is 12.1. The molecular formula is C27H29N5O5. The van der Waals surface area contributed by atoms with Crippen molar-refractivity contribution in [3.63, 3.8) is 0 Å². The molecule has 4 heterocycles. The lowest BCUT2D eigenvalue weighted by Crippen LogP contribution is -2.45. The van der Waals surface area contributed by atoms with Crippen LogP contribution in [-0.2, 0) is 14.3 Å². The van der Waals surface area contributed by atoms with E-state index >= 15 is 0 Å². The minimum absolute atomic E-state index is 0.0776. The third kappa shape index (κ3) is 5.35. The van der Waals surface area contributed by atoms with Gasteiger partial charge in [-0.15, -0.1) is 0 Å². The van der Waals surface area contributed by atoms with Gasteiger partial charge in [-0.25, -0.2) is 9.78 Å². The van der Waals surface area contributed by atoms with Crippen LogP contribution in [0.5, 0.6) is 5.75 Å². The SMILES string of the molecule is Cc1cc(OCCN2CCN(C)CC2)ccc1NC1=C(C(=O)O)C(=O)/C(=C/c2c[nH]c3ncccc23)O1. The maximum absolute atomic E-state index is 12.9. The lowest BCUT2D eigenvalue weighted by atomic mass is 10.1. The van der Waals surface area contributed by atoms with Gasteiger partial charge in [0.25, 0.3) is 0 Å². The molecular weight excluding hydrogens is 474 g/mol. The third-order valence-corrected chi connectivity index (χ3v) is 6.59. The van der Waals surface area contributed by atoms with E-state index in [0.29, 0.717) is 23.5 Å². The van der Waals surface area contributed by atoms with Crippen molar-refractivity contribution in [1.29, 1.82) is 0 Å². The van der Waals surface area contributed by atoms with Gasteiger partial charge in [-0.3, -0.25) is 9.69 Å². The van der Waals surface area contributed by atoms with Gasteiger partial charge in [0.05, 0.1) is 0 Å². The highest BCUT2D eigenvalue weighted by molar-refractivity contribution is 6.26. The van der Waals surface area contributed by atoms with Gasteiger partial charge in [0, 0.05) is 61.8 Å². The second kappa shape index (κ2) is 10.5. The molecule has 2 aromatic heterocycles. The summed E-state index contributed by atoms with van der Waals surface area (Å²) in [6, 6.07) is 9.11. The molecule has 0 unspecified atom stereocenters. The molecule has 0 radical (unpaired) electrons. The van der Waals surface area contributed by atoms with Crippen molar-refractivity contribution in [3.05, 3.63) is 71.1 Å². The van der Waals surface area contributed by atoms with E-state index < -0.39 is 17.3 Å². The number of carbonyl (C=O) groups excluding carboxylic acids is 1. The molecule has 0 aliphatic carbocycles. The Bertz CT molecular complexity index is 1400. The Kier molecular flexibility index (Phi) is 6.93. The number of pyridine rings is 1. The largest absolute Gasteiger partial charge is 0.492 e. The summed E-state index contributed by atoms with van der Waals surface area (Å²) in [6.07, 6.45) is 4.87. The Morgan fingerprint density at radius 1 is 1.27 bits per heavy atom. The number of H-pyrrole nitrogens is 1. The number of likely N-dealkylation sites (N-methyl/N-ethyl adjacent to an activating group) is 1. The van der Waals surface area contributed by atoms with Crippen LogP contribution in [0.25, 0.3) is 17.1 Å². The summed E-state index contributed by atoms with van der Waals surface area (Å²) in [5.41, 5.74) is 2.32. The molecule has 3 aromatic rings. The minimum Gasteiger partial charge on any atom is -0.492 e. The van der Waals surface area contributed by atoms with E-state index in [9.17, 15) is 14.7 Å². The van der Waals surface area contributed by atoms with Crippen molar-refractivity contribution in [2.45, 2.75) is 6.92 Å². The van der Waals surface area contributed by atoms with Crippen molar-refractivity contribution in [3.8, 4) is 5.75 Å².